The minimum Gasteiger partial charge on any atom is -0.370 e. The van der Waals surface area contributed by atoms with E-state index in [1.54, 1.807) is 0 Å². The first-order valence-corrected chi connectivity index (χ1v) is 7.90. The van der Waals surface area contributed by atoms with Crippen molar-refractivity contribution in [3.8, 4) is 11.3 Å². The molecule has 0 amide bonds. The zero-order valence-corrected chi connectivity index (χ0v) is 13.5. The van der Waals surface area contributed by atoms with Gasteiger partial charge in [-0.1, -0.05) is 32.0 Å². The van der Waals surface area contributed by atoms with Crippen molar-refractivity contribution in [3.63, 3.8) is 0 Å². The maximum atomic E-state index is 4.80. The summed E-state index contributed by atoms with van der Waals surface area (Å²) < 4.78 is 0. The van der Waals surface area contributed by atoms with Crippen LogP contribution in [0.4, 0.5) is 5.82 Å². The second kappa shape index (κ2) is 7.21. The molecule has 3 nitrogen and oxygen atoms in total. The summed E-state index contributed by atoms with van der Waals surface area (Å²) in [5, 5.41) is 3.36. The molecule has 0 unspecified atom stereocenters. The molecule has 0 aliphatic carbocycles. The van der Waals surface area contributed by atoms with E-state index in [4.69, 9.17) is 4.98 Å². The van der Waals surface area contributed by atoms with E-state index in [9.17, 15) is 0 Å². The van der Waals surface area contributed by atoms with Crippen molar-refractivity contribution in [1.29, 1.82) is 0 Å². The van der Waals surface area contributed by atoms with Gasteiger partial charge in [0.05, 0.1) is 5.69 Å². The van der Waals surface area contributed by atoms with Gasteiger partial charge in [0.2, 0.25) is 0 Å². The first kappa shape index (κ1) is 15.5. The quantitative estimate of drug-likeness (QED) is 0.854. The minimum atomic E-state index is 0.873. The lowest BCUT2D eigenvalue weighted by Gasteiger charge is -2.14. The molecular weight excluding hydrogens is 258 g/mol. The van der Waals surface area contributed by atoms with E-state index in [0.29, 0.717) is 0 Å². The number of benzene rings is 1. The maximum absolute atomic E-state index is 4.80. The van der Waals surface area contributed by atoms with Crippen molar-refractivity contribution in [1.82, 2.24) is 9.97 Å². The van der Waals surface area contributed by atoms with E-state index in [1.807, 2.05) is 0 Å². The van der Waals surface area contributed by atoms with Crippen LogP contribution in [-0.4, -0.2) is 16.5 Å². The predicted molar refractivity (Wildman–Crippen MR) is 89.7 cm³/mol. The van der Waals surface area contributed by atoms with Crippen LogP contribution in [0.15, 0.2) is 24.3 Å². The van der Waals surface area contributed by atoms with E-state index in [0.717, 1.165) is 48.7 Å². The summed E-state index contributed by atoms with van der Waals surface area (Å²) in [5.41, 5.74) is 4.71. The average molecular weight is 283 g/mol. The Labute approximate surface area is 127 Å². The van der Waals surface area contributed by atoms with Crippen molar-refractivity contribution in [2.24, 2.45) is 0 Å². The van der Waals surface area contributed by atoms with Gasteiger partial charge in [-0.3, -0.25) is 0 Å². The van der Waals surface area contributed by atoms with Gasteiger partial charge in [-0.15, -0.1) is 0 Å². The monoisotopic (exact) mass is 283 g/mol. The van der Waals surface area contributed by atoms with Gasteiger partial charge in [0.1, 0.15) is 11.6 Å². The molecule has 1 aromatic heterocycles. The molecule has 112 valence electrons. The lowest BCUT2D eigenvalue weighted by Crippen LogP contribution is -2.08. The Morgan fingerprint density at radius 1 is 1.10 bits per heavy atom. The van der Waals surface area contributed by atoms with E-state index in [1.165, 1.54) is 11.1 Å². The van der Waals surface area contributed by atoms with Gasteiger partial charge < -0.3 is 5.32 Å². The Balaban J connectivity index is 2.54. The summed E-state index contributed by atoms with van der Waals surface area (Å²) in [6.45, 7) is 9.41. The number of nitrogens with zero attached hydrogens (tertiary/aromatic N) is 2. The number of anilines is 1. The summed E-state index contributed by atoms with van der Waals surface area (Å²) in [6.07, 6.45) is 3.02. The third-order valence-corrected chi connectivity index (χ3v) is 3.62. The van der Waals surface area contributed by atoms with Crippen molar-refractivity contribution >= 4 is 5.82 Å². The highest BCUT2D eigenvalue weighted by molar-refractivity contribution is 5.68. The lowest BCUT2D eigenvalue weighted by molar-refractivity contribution is 0.833. The van der Waals surface area contributed by atoms with Crippen LogP contribution in [0.25, 0.3) is 11.3 Å². The number of hydrogen-bond acceptors (Lipinski definition) is 3. The summed E-state index contributed by atoms with van der Waals surface area (Å²) in [4.78, 5) is 9.46. The van der Waals surface area contributed by atoms with Crippen molar-refractivity contribution in [2.75, 3.05) is 11.9 Å². The normalized spacial score (nSPS) is 10.7. The summed E-state index contributed by atoms with van der Waals surface area (Å²) in [7, 11) is 0. The summed E-state index contributed by atoms with van der Waals surface area (Å²) >= 11 is 0. The van der Waals surface area contributed by atoms with E-state index < -0.39 is 0 Å². The van der Waals surface area contributed by atoms with Crippen LogP contribution in [0.1, 0.15) is 44.1 Å². The minimum absolute atomic E-state index is 0.873. The smallest absolute Gasteiger partial charge is 0.133 e. The van der Waals surface area contributed by atoms with Gasteiger partial charge >= 0.3 is 0 Å². The number of aryl methyl sites for hydroxylation is 2. The van der Waals surface area contributed by atoms with Crippen LogP contribution in [-0.2, 0) is 12.8 Å². The number of nitrogens with one attached hydrogen (secondary N) is 1. The van der Waals surface area contributed by atoms with Gasteiger partial charge in [0.15, 0.2) is 0 Å². The van der Waals surface area contributed by atoms with Crippen molar-refractivity contribution in [3.05, 3.63) is 41.2 Å². The molecule has 0 radical (unpaired) electrons. The average Bonchev–Trinajstić information content (AvgIpc) is 2.51. The molecule has 2 aromatic rings. The topological polar surface area (TPSA) is 37.8 Å². The lowest BCUT2D eigenvalue weighted by atomic mass is 10.0. The molecule has 0 atom stereocenters. The zero-order chi connectivity index (χ0) is 15.2. The molecule has 0 aliphatic heterocycles. The molecule has 0 fully saturated rings. The Morgan fingerprint density at radius 2 is 1.90 bits per heavy atom. The van der Waals surface area contributed by atoms with E-state index >= 15 is 0 Å². The highest BCUT2D eigenvalue weighted by Gasteiger charge is 2.12. The van der Waals surface area contributed by atoms with E-state index in [2.05, 4.69) is 62.3 Å². The molecule has 0 saturated carbocycles. The van der Waals surface area contributed by atoms with Gasteiger partial charge in [0.25, 0.3) is 0 Å². The first-order chi connectivity index (χ1) is 10.2. The second-order valence-corrected chi connectivity index (χ2v) is 5.30. The van der Waals surface area contributed by atoms with Crippen molar-refractivity contribution < 1.29 is 0 Å². The third kappa shape index (κ3) is 3.60. The summed E-state index contributed by atoms with van der Waals surface area (Å²) in [5.74, 6) is 1.89. The first-order valence-electron chi connectivity index (χ1n) is 7.90. The number of aromatic nitrogens is 2. The largest absolute Gasteiger partial charge is 0.370 e. The Kier molecular flexibility index (Phi) is 5.32. The highest BCUT2D eigenvalue weighted by atomic mass is 15.0. The Morgan fingerprint density at radius 3 is 2.57 bits per heavy atom. The number of rotatable bonds is 6. The fourth-order valence-corrected chi connectivity index (χ4v) is 2.46. The molecular formula is C18H25N3. The standard InChI is InChI=1S/C18H25N3/c1-5-9-16-20-17(13(4)18(21-16)19-7-3)15-11-8-10-14(6-2)12-15/h8,10-12H,5-7,9H2,1-4H3,(H,19,20,21). The molecule has 0 saturated heterocycles. The van der Waals surface area contributed by atoms with Crippen molar-refractivity contribution in [2.45, 2.75) is 47.0 Å². The Bertz CT molecular complexity index is 605. The molecule has 0 bridgehead atoms. The van der Waals surface area contributed by atoms with Crippen LogP contribution in [0.3, 0.4) is 0 Å². The predicted octanol–water partition coefficient (Wildman–Crippen LogP) is 4.40. The molecule has 0 spiro atoms. The maximum Gasteiger partial charge on any atom is 0.133 e. The number of hydrogen-bond donors (Lipinski definition) is 1. The highest BCUT2D eigenvalue weighted by Crippen LogP contribution is 2.27. The summed E-state index contributed by atoms with van der Waals surface area (Å²) in [6, 6.07) is 8.65. The zero-order valence-electron chi connectivity index (χ0n) is 13.5. The third-order valence-electron chi connectivity index (χ3n) is 3.62. The van der Waals surface area contributed by atoms with Crippen LogP contribution in [0.2, 0.25) is 0 Å². The molecule has 3 heteroatoms. The van der Waals surface area contributed by atoms with Crippen LogP contribution < -0.4 is 5.32 Å². The van der Waals surface area contributed by atoms with Gasteiger partial charge in [0, 0.05) is 24.1 Å². The second-order valence-electron chi connectivity index (χ2n) is 5.30. The molecule has 0 aliphatic rings. The van der Waals surface area contributed by atoms with Crippen LogP contribution in [0, 0.1) is 6.92 Å². The van der Waals surface area contributed by atoms with Crippen LogP contribution in [0.5, 0.6) is 0 Å². The molecule has 1 aromatic carbocycles. The fourth-order valence-electron chi connectivity index (χ4n) is 2.46. The van der Waals surface area contributed by atoms with E-state index in [-0.39, 0.29) is 0 Å². The van der Waals surface area contributed by atoms with Gasteiger partial charge in [-0.2, -0.15) is 0 Å². The van der Waals surface area contributed by atoms with Gasteiger partial charge in [-0.25, -0.2) is 9.97 Å². The van der Waals surface area contributed by atoms with Gasteiger partial charge in [-0.05, 0) is 38.3 Å². The van der Waals surface area contributed by atoms with Crippen LogP contribution >= 0.6 is 0 Å². The molecule has 1 N–H and O–H groups in total. The SMILES string of the molecule is CCCc1nc(NCC)c(C)c(-c2cccc(CC)c2)n1. The molecule has 1 heterocycles. The molecule has 2 rings (SSSR count). The Hall–Kier alpha value is -1.90. The molecule has 21 heavy (non-hydrogen) atoms. The fraction of sp³-hybridized carbons (Fsp3) is 0.444.